The standard InChI is InChI=1S/C22H18N2O3S/c1-14-18-20(25)23-17(12-15-8-4-2-5-9-15)24-21(18)28-19(14)22(26)27-13-16-10-6-3-7-11-16/h2-11H,12-13H2,1H3,(H,23,24,25). The summed E-state index contributed by atoms with van der Waals surface area (Å²) in [7, 11) is 0. The molecule has 0 saturated carbocycles. The van der Waals surface area contributed by atoms with E-state index in [-0.39, 0.29) is 12.2 Å². The Hall–Kier alpha value is -3.25. The molecule has 0 unspecified atom stereocenters. The quantitative estimate of drug-likeness (QED) is 0.517. The van der Waals surface area contributed by atoms with Gasteiger partial charge in [-0.15, -0.1) is 11.3 Å². The average molecular weight is 390 g/mol. The van der Waals surface area contributed by atoms with Crippen molar-refractivity contribution in [1.29, 1.82) is 0 Å². The number of carbonyl (C=O) groups excluding carboxylic acids is 1. The highest BCUT2D eigenvalue weighted by atomic mass is 32.1. The fourth-order valence-corrected chi connectivity index (χ4v) is 4.14. The van der Waals surface area contributed by atoms with Crippen LogP contribution in [-0.2, 0) is 17.8 Å². The monoisotopic (exact) mass is 390 g/mol. The Bertz CT molecular complexity index is 1180. The van der Waals surface area contributed by atoms with Crippen molar-refractivity contribution < 1.29 is 9.53 Å². The van der Waals surface area contributed by atoms with Crippen LogP contribution in [0.4, 0.5) is 0 Å². The second-order valence-corrected chi connectivity index (χ2v) is 7.47. The van der Waals surface area contributed by atoms with Crippen LogP contribution in [0.1, 0.15) is 32.2 Å². The van der Waals surface area contributed by atoms with Crippen LogP contribution in [0.15, 0.2) is 65.5 Å². The van der Waals surface area contributed by atoms with E-state index >= 15 is 0 Å². The molecule has 0 aliphatic rings. The minimum atomic E-state index is -0.437. The van der Waals surface area contributed by atoms with Crippen molar-refractivity contribution in [2.24, 2.45) is 0 Å². The van der Waals surface area contributed by atoms with Crippen LogP contribution in [0.25, 0.3) is 10.2 Å². The van der Waals surface area contributed by atoms with Crippen molar-refractivity contribution in [2.45, 2.75) is 20.0 Å². The van der Waals surface area contributed by atoms with E-state index in [0.717, 1.165) is 11.1 Å². The van der Waals surface area contributed by atoms with Crippen LogP contribution in [0.5, 0.6) is 0 Å². The predicted octanol–water partition coefficient (Wildman–Crippen LogP) is 4.24. The number of carbonyl (C=O) groups is 1. The highest BCUT2D eigenvalue weighted by Gasteiger charge is 2.20. The summed E-state index contributed by atoms with van der Waals surface area (Å²) in [5.41, 5.74) is 2.35. The second-order valence-electron chi connectivity index (χ2n) is 6.47. The normalized spacial score (nSPS) is 10.9. The smallest absolute Gasteiger partial charge is 0.349 e. The summed E-state index contributed by atoms with van der Waals surface area (Å²) in [4.78, 5) is 33.5. The lowest BCUT2D eigenvalue weighted by Gasteiger charge is -2.03. The number of hydrogen-bond acceptors (Lipinski definition) is 5. The Labute approximate surface area is 165 Å². The maximum atomic E-state index is 12.6. The molecule has 140 valence electrons. The number of fused-ring (bicyclic) bond motifs is 1. The second kappa shape index (κ2) is 7.78. The van der Waals surface area contributed by atoms with E-state index in [4.69, 9.17) is 4.74 Å². The third-order valence-corrected chi connectivity index (χ3v) is 5.63. The molecule has 0 atom stereocenters. The minimum absolute atomic E-state index is 0.191. The summed E-state index contributed by atoms with van der Waals surface area (Å²) in [5.74, 6) is 0.141. The molecule has 4 aromatic rings. The van der Waals surface area contributed by atoms with E-state index < -0.39 is 5.97 Å². The number of H-pyrrole nitrogens is 1. The molecule has 1 N–H and O–H groups in total. The Morgan fingerprint density at radius 1 is 1.04 bits per heavy atom. The molecule has 4 rings (SSSR count). The van der Waals surface area contributed by atoms with Gasteiger partial charge in [0.25, 0.3) is 5.56 Å². The fraction of sp³-hybridized carbons (Fsp3) is 0.136. The first-order chi connectivity index (χ1) is 13.6. The van der Waals surface area contributed by atoms with Crippen molar-refractivity contribution in [3.8, 4) is 0 Å². The van der Waals surface area contributed by atoms with Gasteiger partial charge in [-0.05, 0) is 23.6 Å². The molecule has 0 spiro atoms. The summed E-state index contributed by atoms with van der Waals surface area (Å²) in [5, 5.41) is 0.452. The number of aryl methyl sites for hydroxylation is 1. The summed E-state index contributed by atoms with van der Waals surface area (Å²) in [6, 6.07) is 19.3. The Morgan fingerprint density at radius 2 is 1.68 bits per heavy atom. The zero-order valence-electron chi connectivity index (χ0n) is 15.3. The molecule has 0 bridgehead atoms. The van der Waals surface area contributed by atoms with Crippen LogP contribution in [0.3, 0.4) is 0 Å². The van der Waals surface area contributed by atoms with Crippen LogP contribution in [0, 0.1) is 6.92 Å². The Balaban J connectivity index is 1.61. The van der Waals surface area contributed by atoms with Gasteiger partial charge in [0.05, 0.1) is 5.39 Å². The lowest BCUT2D eigenvalue weighted by atomic mass is 10.1. The molecule has 2 aromatic heterocycles. The zero-order valence-corrected chi connectivity index (χ0v) is 16.1. The first-order valence-electron chi connectivity index (χ1n) is 8.89. The first kappa shape index (κ1) is 18.1. The van der Waals surface area contributed by atoms with Gasteiger partial charge in [-0.2, -0.15) is 0 Å². The molecule has 28 heavy (non-hydrogen) atoms. The third-order valence-electron chi connectivity index (χ3n) is 4.46. The lowest BCUT2D eigenvalue weighted by Crippen LogP contribution is -2.12. The molecule has 6 heteroatoms. The largest absolute Gasteiger partial charge is 0.457 e. The van der Waals surface area contributed by atoms with Gasteiger partial charge < -0.3 is 9.72 Å². The van der Waals surface area contributed by atoms with Gasteiger partial charge in [-0.1, -0.05) is 60.7 Å². The summed E-state index contributed by atoms with van der Waals surface area (Å²) in [6.07, 6.45) is 0.525. The summed E-state index contributed by atoms with van der Waals surface area (Å²) >= 11 is 1.20. The van der Waals surface area contributed by atoms with Crippen LogP contribution in [0.2, 0.25) is 0 Å². The van der Waals surface area contributed by atoms with Gasteiger partial charge in [0.2, 0.25) is 0 Å². The van der Waals surface area contributed by atoms with Gasteiger partial charge >= 0.3 is 5.97 Å². The predicted molar refractivity (Wildman–Crippen MR) is 110 cm³/mol. The molecular formula is C22H18N2O3S. The van der Waals surface area contributed by atoms with Gasteiger partial charge in [0.15, 0.2) is 0 Å². The minimum Gasteiger partial charge on any atom is -0.457 e. The van der Waals surface area contributed by atoms with E-state index in [1.165, 1.54) is 11.3 Å². The lowest BCUT2D eigenvalue weighted by molar-refractivity contribution is 0.0478. The van der Waals surface area contributed by atoms with E-state index in [1.807, 2.05) is 60.7 Å². The molecule has 0 radical (unpaired) electrons. The summed E-state index contributed by atoms with van der Waals surface area (Å²) < 4.78 is 5.42. The SMILES string of the molecule is Cc1c(C(=O)OCc2ccccc2)sc2nc(Cc3ccccc3)[nH]c(=O)c12. The number of ether oxygens (including phenoxy) is 1. The number of aromatic nitrogens is 2. The fourth-order valence-electron chi connectivity index (χ4n) is 3.04. The number of aromatic amines is 1. The maximum Gasteiger partial charge on any atom is 0.349 e. The Morgan fingerprint density at radius 3 is 2.36 bits per heavy atom. The van der Waals surface area contributed by atoms with Crippen molar-refractivity contribution in [1.82, 2.24) is 9.97 Å². The number of nitrogens with zero attached hydrogens (tertiary/aromatic N) is 1. The molecule has 2 aromatic carbocycles. The first-order valence-corrected chi connectivity index (χ1v) is 9.71. The van der Waals surface area contributed by atoms with Gasteiger partial charge in [0.1, 0.15) is 22.1 Å². The number of nitrogens with one attached hydrogen (secondary N) is 1. The molecule has 0 saturated heterocycles. The van der Waals surface area contributed by atoms with Crippen molar-refractivity contribution >= 4 is 27.5 Å². The van der Waals surface area contributed by atoms with E-state index in [9.17, 15) is 9.59 Å². The molecule has 0 aliphatic heterocycles. The van der Waals surface area contributed by atoms with E-state index in [0.29, 0.717) is 32.9 Å². The van der Waals surface area contributed by atoms with E-state index in [2.05, 4.69) is 9.97 Å². The highest BCUT2D eigenvalue weighted by Crippen LogP contribution is 2.28. The van der Waals surface area contributed by atoms with Crippen LogP contribution < -0.4 is 5.56 Å². The summed E-state index contributed by atoms with van der Waals surface area (Å²) in [6.45, 7) is 1.95. The third kappa shape index (κ3) is 3.73. The highest BCUT2D eigenvalue weighted by molar-refractivity contribution is 7.20. The van der Waals surface area contributed by atoms with Crippen molar-refractivity contribution in [2.75, 3.05) is 0 Å². The van der Waals surface area contributed by atoms with E-state index in [1.54, 1.807) is 6.92 Å². The Kier molecular flexibility index (Phi) is 5.04. The number of benzene rings is 2. The molecule has 0 amide bonds. The number of esters is 1. The van der Waals surface area contributed by atoms with Gasteiger partial charge in [-0.25, -0.2) is 9.78 Å². The maximum absolute atomic E-state index is 12.6. The van der Waals surface area contributed by atoms with Crippen molar-refractivity contribution in [3.05, 3.63) is 98.4 Å². The average Bonchev–Trinajstić information content (AvgIpc) is 3.04. The molecule has 0 fully saturated rings. The molecule has 5 nitrogen and oxygen atoms in total. The topological polar surface area (TPSA) is 72.0 Å². The van der Waals surface area contributed by atoms with Gasteiger partial charge in [-0.3, -0.25) is 4.79 Å². The van der Waals surface area contributed by atoms with Crippen LogP contribution in [-0.4, -0.2) is 15.9 Å². The molecule has 0 aliphatic carbocycles. The number of rotatable bonds is 5. The van der Waals surface area contributed by atoms with Crippen molar-refractivity contribution in [3.63, 3.8) is 0 Å². The molecular weight excluding hydrogens is 372 g/mol. The molecule has 2 heterocycles. The van der Waals surface area contributed by atoms with Gasteiger partial charge in [0, 0.05) is 6.42 Å². The van der Waals surface area contributed by atoms with Crippen LogP contribution >= 0.6 is 11.3 Å². The number of hydrogen-bond donors (Lipinski definition) is 1. The number of thiophene rings is 1. The zero-order chi connectivity index (χ0) is 19.5.